The first kappa shape index (κ1) is 50.9. The number of aliphatic hydroxyl groups is 3. The van der Waals surface area contributed by atoms with Crippen molar-refractivity contribution in [2.75, 3.05) is 19.0 Å². The summed E-state index contributed by atoms with van der Waals surface area (Å²) in [5, 5.41) is 55.1. The van der Waals surface area contributed by atoms with Gasteiger partial charge in [0.15, 0.2) is 23.1 Å². The fourth-order valence-corrected chi connectivity index (χ4v) is 14.5. The molecule has 1 aliphatic heterocycles. The van der Waals surface area contributed by atoms with Crippen LogP contribution in [0.5, 0.6) is 17.2 Å². The van der Waals surface area contributed by atoms with E-state index in [0.717, 1.165) is 84.9 Å². The Bertz CT molecular complexity index is 2560. The summed E-state index contributed by atoms with van der Waals surface area (Å²) in [6.07, 6.45) is 13.6. The van der Waals surface area contributed by atoms with Gasteiger partial charge in [0.2, 0.25) is 0 Å². The third kappa shape index (κ3) is 11.8. The van der Waals surface area contributed by atoms with Crippen LogP contribution >= 0.6 is 21.6 Å². The lowest BCUT2D eigenvalue weighted by molar-refractivity contribution is -0.114. The fraction of sp³-hybridized carbons (Fsp3) is 0.500. The van der Waals surface area contributed by atoms with Crippen molar-refractivity contribution >= 4 is 33.2 Å². The second kappa shape index (κ2) is 22.7. The first-order chi connectivity index (χ1) is 33.3. The molecule has 0 radical (unpaired) electrons. The Morgan fingerprint density at radius 2 is 1.78 bits per heavy atom. The van der Waals surface area contributed by atoms with Crippen LogP contribution in [0.1, 0.15) is 151 Å². The van der Waals surface area contributed by atoms with E-state index in [1.165, 1.54) is 0 Å². The summed E-state index contributed by atoms with van der Waals surface area (Å²) in [6, 6.07) is 16.4. The lowest BCUT2D eigenvalue weighted by Crippen LogP contribution is -2.39. The number of aromatic amines is 1. The van der Waals surface area contributed by atoms with Gasteiger partial charge in [0.05, 0.1) is 38.0 Å². The van der Waals surface area contributed by atoms with Crippen molar-refractivity contribution in [1.29, 1.82) is 0 Å². The first-order valence-corrected chi connectivity index (χ1v) is 27.3. The number of aromatic nitrogens is 1. The van der Waals surface area contributed by atoms with E-state index in [-0.39, 0.29) is 66.4 Å². The van der Waals surface area contributed by atoms with Crippen LogP contribution in [0.3, 0.4) is 0 Å². The average Bonchev–Trinajstić information content (AvgIpc) is 3.90. The number of benzene rings is 3. The van der Waals surface area contributed by atoms with E-state index in [1.54, 1.807) is 64.2 Å². The number of fused-ring (bicyclic) bond motifs is 7. The molecule has 10 N–H and O–H groups in total. The Morgan fingerprint density at radius 3 is 2.58 bits per heavy atom. The monoisotopic (exact) mass is 975 g/mol. The van der Waals surface area contributed by atoms with Crippen LogP contribution in [0.25, 0.3) is 0 Å². The number of aromatic hydroxyl groups is 2. The first-order valence-electron chi connectivity index (χ1n) is 24.9. The molecule has 0 saturated heterocycles. The van der Waals surface area contributed by atoms with Crippen molar-refractivity contribution in [1.82, 2.24) is 4.98 Å². The van der Waals surface area contributed by atoms with Crippen molar-refractivity contribution < 1.29 is 39.9 Å². The molecule has 8 rings (SSSR count). The van der Waals surface area contributed by atoms with E-state index in [2.05, 4.69) is 35.9 Å². The number of carbonyl (C=O) groups is 2. The number of ketones is 2. The Balaban J connectivity index is 1.16. The molecule has 4 aliphatic rings. The third-order valence-electron chi connectivity index (χ3n) is 15.5. The average molecular weight is 976 g/mol. The topological polar surface area (TPSA) is 212 Å². The molecule has 11 nitrogen and oxygen atoms in total. The number of carbonyl (C=O) groups excluding carboxylic acids is 2. The van der Waals surface area contributed by atoms with Crippen LogP contribution in [0, 0.1) is 34.5 Å². The molecule has 3 aromatic carbocycles. The molecule has 13 heteroatoms. The van der Waals surface area contributed by atoms with E-state index in [0.29, 0.717) is 66.0 Å². The van der Waals surface area contributed by atoms with E-state index in [1.807, 2.05) is 18.2 Å². The van der Waals surface area contributed by atoms with Gasteiger partial charge in [-0.05, 0) is 126 Å². The van der Waals surface area contributed by atoms with Gasteiger partial charge < -0.3 is 46.7 Å². The summed E-state index contributed by atoms with van der Waals surface area (Å²) in [7, 11) is 3.40. The summed E-state index contributed by atoms with van der Waals surface area (Å²) in [6.45, 7) is 2.12. The zero-order chi connectivity index (χ0) is 48.7. The van der Waals surface area contributed by atoms with Crippen molar-refractivity contribution in [3.8, 4) is 29.1 Å². The number of phenolic OH excluding ortho intramolecular Hbond substituents is 2. The molecule has 7 unspecified atom stereocenters. The Labute approximate surface area is 414 Å². The molecule has 8 bridgehead atoms. The highest BCUT2D eigenvalue weighted by atomic mass is 33.1. The number of nitrogens with one attached hydrogen (secondary N) is 1. The lowest BCUT2D eigenvalue weighted by Gasteiger charge is -2.45. The summed E-state index contributed by atoms with van der Waals surface area (Å²) in [5.41, 5.74) is 19.0. The fourth-order valence-electron chi connectivity index (χ4n) is 11.7. The van der Waals surface area contributed by atoms with Gasteiger partial charge in [-0.2, -0.15) is 0 Å². The van der Waals surface area contributed by atoms with Gasteiger partial charge in [-0.25, -0.2) is 0 Å². The molecule has 7 atom stereocenters. The zero-order valence-corrected chi connectivity index (χ0v) is 41.4. The molecule has 1 aromatic heterocycles. The minimum absolute atomic E-state index is 0.00884. The highest BCUT2D eigenvalue weighted by Crippen LogP contribution is 2.64. The second-order valence-corrected chi connectivity index (χ2v) is 22.7. The molecule has 4 aromatic rings. The molecule has 0 amide bonds. The smallest absolute Gasteiger partial charge is 0.165 e. The number of Topliss-reactive ketones (excluding diaryl/α,β-unsaturated/α-hetero) is 1. The molecule has 0 spiro atoms. The molecular weight excluding hydrogens is 907 g/mol. The number of aliphatic hydroxyl groups excluding tert-OH is 3. The van der Waals surface area contributed by atoms with E-state index < -0.39 is 29.7 Å². The number of rotatable bonds is 10. The summed E-state index contributed by atoms with van der Waals surface area (Å²) in [5.74, 6) is 7.99. The largest absolute Gasteiger partial charge is 0.508 e. The molecule has 2 saturated carbocycles. The van der Waals surface area contributed by atoms with E-state index in [9.17, 15) is 35.1 Å². The van der Waals surface area contributed by atoms with Crippen LogP contribution in [0.2, 0.25) is 0 Å². The minimum atomic E-state index is -0.805. The number of aryl methyl sites for hydroxylation is 1. The van der Waals surface area contributed by atoms with Gasteiger partial charge in [-0.1, -0.05) is 96.4 Å². The Morgan fingerprint density at radius 1 is 0.971 bits per heavy atom. The highest BCUT2D eigenvalue weighted by Gasteiger charge is 2.59. The SMILES string of the molecule is CCCCCC(CC(O)CO)CC1CCC23CSSCc4cc5c(cc4C(N)N)C#CCc4[nH]ccc4C(=O)CC5c4cc(ccc4O)CCOc4cc(ccc4O)CCC(=O)C=CC1(CC2O)C3. The third-order valence-corrected chi connectivity index (χ3v) is 18.0. The standard InChI is InChI=1S/C56H69N3O8S2/c1-2-3-4-6-37(24-42(62)31-60)23-40-15-19-56-33-55(40,30-53(56)66)20-16-41(61)12-9-35-11-14-50(64)52(26-35)67-22-18-36-10-13-49(63)47(25-36)46-29-51(65)43-17-21-59-48(43)8-5-7-38-27-45(54(57)58)39(28-44(38)46)32-68-69-34-56/h10-11,13-14,16-17,20-21,25-28,37,40,42,46,53-54,59-60,62-64,66H,2-4,6,8-9,12,15,18-19,22-24,29-34,57-58H2,1H3. The van der Waals surface area contributed by atoms with Crippen LogP contribution in [0.15, 0.2) is 72.9 Å². The van der Waals surface area contributed by atoms with Gasteiger partial charge in [-0.15, -0.1) is 0 Å². The van der Waals surface area contributed by atoms with E-state index in [4.69, 9.17) is 16.2 Å². The number of H-pyrrole nitrogens is 1. The van der Waals surface area contributed by atoms with Crippen molar-refractivity contribution in [3.05, 3.63) is 123 Å². The van der Waals surface area contributed by atoms with Crippen molar-refractivity contribution in [3.63, 3.8) is 0 Å². The molecule has 69 heavy (non-hydrogen) atoms. The number of hydrogen-bond acceptors (Lipinski definition) is 12. The van der Waals surface area contributed by atoms with Gasteiger partial charge in [0.25, 0.3) is 0 Å². The summed E-state index contributed by atoms with van der Waals surface area (Å²) in [4.78, 5) is 31.2. The van der Waals surface area contributed by atoms with Crippen LogP contribution in [-0.4, -0.2) is 73.3 Å². The van der Waals surface area contributed by atoms with Crippen LogP contribution in [0.4, 0.5) is 0 Å². The maximum Gasteiger partial charge on any atom is 0.165 e. The highest BCUT2D eigenvalue weighted by molar-refractivity contribution is 8.76. The summed E-state index contributed by atoms with van der Waals surface area (Å²) < 4.78 is 6.17. The summed E-state index contributed by atoms with van der Waals surface area (Å²) >= 11 is 0. The zero-order valence-electron chi connectivity index (χ0n) is 39.8. The quantitative estimate of drug-likeness (QED) is 0.0324. The van der Waals surface area contributed by atoms with Crippen molar-refractivity contribution in [2.24, 2.45) is 34.1 Å². The number of allylic oxidation sites excluding steroid dienone is 2. The van der Waals surface area contributed by atoms with Crippen molar-refractivity contribution in [2.45, 2.75) is 133 Å². The number of hydrogen-bond donors (Lipinski definition) is 8. The maximum absolute atomic E-state index is 14.3. The second-order valence-electron chi connectivity index (χ2n) is 20.2. The predicted octanol–water partition coefficient (Wildman–Crippen LogP) is 9.10. The number of phenols is 2. The van der Waals surface area contributed by atoms with E-state index >= 15 is 0 Å². The van der Waals surface area contributed by atoms with Gasteiger partial charge in [-0.3, -0.25) is 9.59 Å². The maximum atomic E-state index is 14.3. The number of nitrogens with two attached hydrogens (primary N) is 2. The molecule has 3 aliphatic carbocycles. The number of ether oxygens (including phenoxy) is 1. The molecule has 2 fully saturated rings. The Kier molecular flexibility index (Phi) is 16.7. The van der Waals surface area contributed by atoms with Crippen LogP contribution < -0.4 is 16.2 Å². The van der Waals surface area contributed by atoms with Crippen LogP contribution in [-0.2, 0) is 29.8 Å². The molecular formula is C56H69N3O8S2. The normalized spacial score (nSPS) is 25.1. The Hall–Kier alpha value is -4.52. The van der Waals surface area contributed by atoms with Gasteiger partial charge in [0.1, 0.15) is 5.75 Å². The molecule has 2 heterocycles. The molecule has 368 valence electrons. The number of unbranched alkanes of at least 4 members (excludes halogenated alkanes) is 2. The lowest BCUT2D eigenvalue weighted by atomic mass is 9.60. The minimum Gasteiger partial charge on any atom is -0.508 e. The van der Waals surface area contributed by atoms with Gasteiger partial charge >= 0.3 is 0 Å². The predicted molar refractivity (Wildman–Crippen MR) is 274 cm³/mol. The van der Waals surface area contributed by atoms with Gasteiger partial charge in [0, 0.05) is 70.7 Å².